The molecule has 1 aliphatic heterocycles. The molecule has 0 spiro atoms. The Morgan fingerprint density at radius 1 is 1.23 bits per heavy atom. The lowest BCUT2D eigenvalue weighted by molar-refractivity contribution is 0.0735. The van der Waals surface area contributed by atoms with Gasteiger partial charge in [0.05, 0.1) is 17.3 Å². The Labute approximate surface area is 125 Å². The number of H-pyrrole nitrogens is 2. The molecule has 22 heavy (non-hydrogen) atoms. The van der Waals surface area contributed by atoms with Crippen molar-refractivity contribution in [3.8, 4) is 0 Å². The van der Waals surface area contributed by atoms with E-state index >= 15 is 0 Å². The van der Waals surface area contributed by atoms with Crippen molar-refractivity contribution in [1.29, 1.82) is 0 Å². The first-order valence-electron chi connectivity index (χ1n) is 7.15. The summed E-state index contributed by atoms with van der Waals surface area (Å²) in [6, 6.07) is 8.87. The van der Waals surface area contributed by atoms with Crippen LogP contribution in [0.25, 0.3) is 10.9 Å². The average molecular weight is 294 g/mol. The van der Waals surface area contributed by atoms with Crippen LogP contribution < -0.4 is 5.56 Å². The number of carbonyl (C=O) groups excluding carboxylic acids is 1. The molecule has 0 atom stereocenters. The third kappa shape index (κ3) is 2.00. The van der Waals surface area contributed by atoms with Gasteiger partial charge in [-0.25, -0.2) is 0 Å². The highest BCUT2D eigenvalue weighted by Crippen LogP contribution is 2.22. The number of rotatable bonds is 1. The maximum absolute atomic E-state index is 12.8. The van der Waals surface area contributed by atoms with Crippen LogP contribution in [0.3, 0.4) is 0 Å². The van der Waals surface area contributed by atoms with Gasteiger partial charge in [0, 0.05) is 36.7 Å². The molecular weight excluding hydrogens is 280 g/mol. The Balaban J connectivity index is 1.68. The van der Waals surface area contributed by atoms with Gasteiger partial charge in [-0.1, -0.05) is 12.1 Å². The van der Waals surface area contributed by atoms with Crippen LogP contribution in [0.4, 0.5) is 0 Å². The van der Waals surface area contributed by atoms with Crippen LogP contribution in [0, 0.1) is 0 Å². The zero-order chi connectivity index (χ0) is 15.1. The fourth-order valence-corrected chi connectivity index (χ4v) is 2.95. The van der Waals surface area contributed by atoms with Gasteiger partial charge in [0.1, 0.15) is 0 Å². The van der Waals surface area contributed by atoms with Crippen molar-refractivity contribution in [2.45, 2.75) is 13.0 Å². The summed E-state index contributed by atoms with van der Waals surface area (Å²) in [7, 11) is 0. The van der Waals surface area contributed by atoms with E-state index in [-0.39, 0.29) is 11.5 Å². The summed E-state index contributed by atoms with van der Waals surface area (Å²) in [4.78, 5) is 28.8. The predicted octanol–water partition coefficient (Wildman–Crippen LogP) is 1.45. The topological polar surface area (TPSA) is 81.8 Å². The number of aromatic amines is 2. The van der Waals surface area contributed by atoms with Gasteiger partial charge in [-0.15, -0.1) is 0 Å². The molecule has 0 radical (unpaired) electrons. The van der Waals surface area contributed by atoms with E-state index in [9.17, 15) is 9.59 Å². The van der Waals surface area contributed by atoms with Crippen LogP contribution in [-0.2, 0) is 13.0 Å². The largest absolute Gasteiger partial charge is 0.334 e. The van der Waals surface area contributed by atoms with Gasteiger partial charge in [0.15, 0.2) is 0 Å². The van der Waals surface area contributed by atoms with Crippen LogP contribution in [0.1, 0.15) is 21.6 Å². The number of hydrogen-bond acceptors (Lipinski definition) is 3. The first-order valence-corrected chi connectivity index (χ1v) is 7.15. The Kier molecular flexibility index (Phi) is 2.82. The van der Waals surface area contributed by atoms with Gasteiger partial charge < -0.3 is 9.88 Å². The molecule has 2 aromatic heterocycles. The van der Waals surface area contributed by atoms with Gasteiger partial charge in [-0.05, 0) is 17.7 Å². The molecular formula is C16H14N4O2. The summed E-state index contributed by atoms with van der Waals surface area (Å²) in [5.41, 5.74) is 3.34. The van der Waals surface area contributed by atoms with E-state index in [0.717, 1.165) is 22.2 Å². The fourth-order valence-electron chi connectivity index (χ4n) is 2.95. The summed E-state index contributed by atoms with van der Waals surface area (Å²) in [6.45, 7) is 1.11. The molecule has 1 aromatic carbocycles. The fraction of sp³-hybridized carbons (Fsp3) is 0.188. The van der Waals surface area contributed by atoms with E-state index in [1.807, 2.05) is 23.1 Å². The summed E-state index contributed by atoms with van der Waals surface area (Å²) in [5.74, 6) is -0.0103. The third-order valence-electron chi connectivity index (χ3n) is 4.09. The Hall–Kier alpha value is -2.89. The average Bonchev–Trinajstić information content (AvgIpc) is 3.02. The van der Waals surface area contributed by atoms with E-state index in [2.05, 4.69) is 15.2 Å². The van der Waals surface area contributed by atoms with E-state index in [1.165, 1.54) is 6.07 Å². The lowest BCUT2D eigenvalue weighted by Crippen LogP contribution is -2.37. The van der Waals surface area contributed by atoms with E-state index in [4.69, 9.17) is 0 Å². The number of carbonyl (C=O) groups is 1. The van der Waals surface area contributed by atoms with Crippen LogP contribution in [0.2, 0.25) is 0 Å². The van der Waals surface area contributed by atoms with Gasteiger partial charge in [-0.3, -0.25) is 14.7 Å². The molecule has 110 valence electrons. The normalized spacial score (nSPS) is 14.1. The maximum atomic E-state index is 12.8. The number of fused-ring (bicyclic) bond motifs is 2. The molecule has 0 bridgehead atoms. The molecule has 3 heterocycles. The number of benzene rings is 1. The molecule has 0 unspecified atom stereocenters. The van der Waals surface area contributed by atoms with Crippen LogP contribution >= 0.6 is 0 Å². The molecule has 4 rings (SSSR count). The monoisotopic (exact) mass is 294 g/mol. The Bertz CT molecular complexity index is 925. The van der Waals surface area contributed by atoms with E-state index in [0.29, 0.717) is 25.1 Å². The lowest BCUT2D eigenvalue weighted by Gasteiger charge is -2.28. The number of pyridine rings is 1. The minimum absolute atomic E-state index is 0.0103. The van der Waals surface area contributed by atoms with Crippen molar-refractivity contribution in [2.24, 2.45) is 0 Å². The molecule has 1 aliphatic rings. The zero-order valence-electron chi connectivity index (χ0n) is 11.8. The summed E-state index contributed by atoms with van der Waals surface area (Å²) in [5, 5.41) is 7.71. The van der Waals surface area contributed by atoms with Gasteiger partial charge >= 0.3 is 0 Å². The van der Waals surface area contributed by atoms with Crippen molar-refractivity contribution in [3.05, 3.63) is 63.7 Å². The van der Waals surface area contributed by atoms with E-state index in [1.54, 1.807) is 12.3 Å². The van der Waals surface area contributed by atoms with Crippen LogP contribution in [0.5, 0.6) is 0 Å². The number of hydrogen-bond donors (Lipinski definition) is 2. The molecule has 6 nitrogen and oxygen atoms in total. The first-order chi connectivity index (χ1) is 10.7. The highest BCUT2D eigenvalue weighted by atomic mass is 16.2. The van der Waals surface area contributed by atoms with Gasteiger partial charge in [0.2, 0.25) is 5.56 Å². The van der Waals surface area contributed by atoms with Crippen LogP contribution in [-0.4, -0.2) is 32.5 Å². The number of aromatic nitrogens is 3. The second-order valence-corrected chi connectivity index (χ2v) is 5.44. The van der Waals surface area contributed by atoms with Crippen molar-refractivity contribution in [1.82, 2.24) is 20.1 Å². The van der Waals surface area contributed by atoms with Crippen LogP contribution in [0.15, 0.2) is 41.3 Å². The third-order valence-corrected chi connectivity index (χ3v) is 4.09. The first kappa shape index (κ1) is 12.8. The summed E-state index contributed by atoms with van der Waals surface area (Å²) >= 11 is 0. The Morgan fingerprint density at radius 3 is 3.05 bits per heavy atom. The SMILES string of the molecule is O=C(c1cccc2[nH]ncc12)N1CCc2[nH]c(=O)ccc2C1. The molecule has 0 saturated heterocycles. The second-order valence-electron chi connectivity index (χ2n) is 5.44. The number of amides is 1. The van der Waals surface area contributed by atoms with E-state index < -0.39 is 0 Å². The van der Waals surface area contributed by atoms with Gasteiger partial charge in [-0.2, -0.15) is 5.10 Å². The molecule has 6 heteroatoms. The van der Waals surface area contributed by atoms with Crippen molar-refractivity contribution in [3.63, 3.8) is 0 Å². The molecule has 2 N–H and O–H groups in total. The standard InChI is InChI=1S/C16H14N4O2/c21-15-5-4-10-9-20(7-6-13(10)18-15)16(22)11-2-1-3-14-12(11)8-17-19-14/h1-5,8H,6-7,9H2,(H,17,19)(H,18,21). The zero-order valence-corrected chi connectivity index (χ0v) is 11.8. The van der Waals surface area contributed by atoms with Crippen molar-refractivity contribution in [2.75, 3.05) is 6.54 Å². The predicted molar refractivity (Wildman–Crippen MR) is 81.6 cm³/mol. The maximum Gasteiger partial charge on any atom is 0.254 e. The Morgan fingerprint density at radius 2 is 2.14 bits per heavy atom. The van der Waals surface area contributed by atoms with Crippen molar-refractivity contribution >= 4 is 16.8 Å². The number of nitrogens with zero attached hydrogens (tertiary/aromatic N) is 2. The second kappa shape index (κ2) is 4.84. The molecule has 0 aliphatic carbocycles. The smallest absolute Gasteiger partial charge is 0.254 e. The molecule has 3 aromatic rings. The molecule has 0 fully saturated rings. The minimum atomic E-state index is -0.0957. The lowest BCUT2D eigenvalue weighted by atomic mass is 10.0. The minimum Gasteiger partial charge on any atom is -0.334 e. The van der Waals surface area contributed by atoms with Gasteiger partial charge in [0.25, 0.3) is 5.91 Å². The number of nitrogens with one attached hydrogen (secondary N) is 2. The highest BCUT2D eigenvalue weighted by molar-refractivity contribution is 6.06. The van der Waals surface area contributed by atoms with Crippen molar-refractivity contribution < 1.29 is 4.79 Å². The quantitative estimate of drug-likeness (QED) is 0.712. The summed E-state index contributed by atoms with van der Waals surface area (Å²) in [6.07, 6.45) is 2.34. The molecule has 1 amide bonds. The molecule has 0 saturated carbocycles. The highest BCUT2D eigenvalue weighted by Gasteiger charge is 2.23. The summed E-state index contributed by atoms with van der Waals surface area (Å²) < 4.78 is 0.